The Morgan fingerprint density at radius 2 is 1.93 bits per heavy atom. The number of nitrogens with one attached hydrogen (secondary N) is 1. The Morgan fingerprint density at radius 1 is 1.18 bits per heavy atom. The molecule has 1 aliphatic carbocycles. The first kappa shape index (κ1) is 19.0. The van der Waals surface area contributed by atoms with E-state index in [9.17, 15) is 9.59 Å². The standard InChI is InChI=1S/C22H30N4O2/c1-15-4-6-19-17(12-15)18-13-16(5-7-20(18)23-19)22(28)26-10-8-25(9-11-26)14-21(27)24(2)3/h5,7,13,15,23H,4,6,8-12,14H2,1-3H3/t15-/m1/s1. The molecule has 2 heterocycles. The van der Waals surface area contributed by atoms with Gasteiger partial charge in [-0.3, -0.25) is 14.5 Å². The summed E-state index contributed by atoms with van der Waals surface area (Å²) in [5, 5.41) is 1.21. The Labute approximate surface area is 166 Å². The van der Waals surface area contributed by atoms with E-state index in [1.165, 1.54) is 23.1 Å². The van der Waals surface area contributed by atoms with Crippen LogP contribution in [-0.2, 0) is 17.6 Å². The molecule has 0 saturated carbocycles. The van der Waals surface area contributed by atoms with Crippen molar-refractivity contribution in [2.24, 2.45) is 5.92 Å². The van der Waals surface area contributed by atoms with Crippen molar-refractivity contribution < 1.29 is 9.59 Å². The average Bonchev–Trinajstić information content (AvgIpc) is 3.05. The van der Waals surface area contributed by atoms with Crippen LogP contribution in [0.1, 0.15) is 35.0 Å². The number of nitrogens with zero attached hydrogens (tertiary/aromatic N) is 3. The fourth-order valence-electron chi connectivity index (χ4n) is 4.35. The summed E-state index contributed by atoms with van der Waals surface area (Å²) in [4.78, 5) is 34.1. The molecule has 28 heavy (non-hydrogen) atoms. The van der Waals surface area contributed by atoms with Crippen molar-refractivity contribution >= 4 is 22.7 Å². The zero-order chi connectivity index (χ0) is 19.8. The number of carbonyl (C=O) groups is 2. The van der Waals surface area contributed by atoms with Crippen LogP contribution in [0.15, 0.2) is 18.2 Å². The molecule has 2 aromatic rings. The number of hydrogen-bond acceptors (Lipinski definition) is 3. The Morgan fingerprint density at radius 3 is 2.64 bits per heavy atom. The number of piperazine rings is 1. The van der Waals surface area contributed by atoms with Crippen molar-refractivity contribution in [1.82, 2.24) is 19.7 Å². The maximum atomic E-state index is 13.1. The average molecular weight is 383 g/mol. The third-order valence-electron chi connectivity index (χ3n) is 6.20. The van der Waals surface area contributed by atoms with Crippen molar-refractivity contribution in [3.05, 3.63) is 35.0 Å². The summed E-state index contributed by atoms with van der Waals surface area (Å²) in [5.74, 6) is 0.903. The van der Waals surface area contributed by atoms with E-state index in [2.05, 4.69) is 28.9 Å². The van der Waals surface area contributed by atoms with Gasteiger partial charge in [0.15, 0.2) is 0 Å². The van der Waals surface area contributed by atoms with Gasteiger partial charge in [0.2, 0.25) is 5.91 Å². The maximum Gasteiger partial charge on any atom is 0.253 e. The summed E-state index contributed by atoms with van der Waals surface area (Å²) in [5.41, 5.74) is 4.65. The minimum Gasteiger partial charge on any atom is -0.358 e. The second-order valence-electron chi connectivity index (χ2n) is 8.55. The Balaban J connectivity index is 1.46. The van der Waals surface area contributed by atoms with E-state index in [-0.39, 0.29) is 11.8 Å². The smallest absolute Gasteiger partial charge is 0.253 e. The summed E-state index contributed by atoms with van der Waals surface area (Å²) in [7, 11) is 3.55. The van der Waals surface area contributed by atoms with Gasteiger partial charge in [-0.25, -0.2) is 0 Å². The number of rotatable bonds is 3. The molecule has 2 amide bonds. The van der Waals surface area contributed by atoms with Crippen LogP contribution in [0.25, 0.3) is 10.9 Å². The molecule has 0 spiro atoms. The monoisotopic (exact) mass is 382 g/mol. The number of aryl methyl sites for hydroxylation is 1. The summed E-state index contributed by atoms with van der Waals surface area (Å²) < 4.78 is 0. The van der Waals surface area contributed by atoms with E-state index in [0.717, 1.165) is 37.0 Å². The normalized spacial score (nSPS) is 20.2. The van der Waals surface area contributed by atoms with E-state index >= 15 is 0 Å². The zero-order valence-corrected chi connectivity index (χ0v) is 17.1. The first-order valence-electron chi connectivity index (χ1n) is 10.3. The SMILES string of the molecule is C[C@@H]1CCc2[nH]c3ccc(C(=O)N4CCN(CC(=O)N(C)C)CC4)cc3c2C1. The van der Waals surface area contributed by atoms with Crippen molar-refractivity contribution in [1.29, 1.82) is 0 Å². The van der Waals surface area contributed by atoms with Gasteiger partial charge in [0, 0.05) is 62.4 Å². The second-order valence-corrected chi connectivity index (χ2v) is 8.55. The maximum absolute atomic E-state index is 13.1. The van der Waals surface area contributed by atoms with Crippen LogP contribution in [0.2, 0.25) is 0 Å². The molecule has 1 saturated heterocycles. The lowest BCUT2D eigenvalue weighted by molar-refractivity contribution is -0.130. The molecule has 1 aromatic carbocycles. The number of H-pyrrole nitrogens is 1. The minimum atomic E-state index is 0.0966. The van der Waals surface area contributed by atoms with Gasteiger partial charge in [0.05, 0.1) is 6.54 Å². The van der Waals surface area contributed by atoms with E-state index in [1.807, 2.05) is 11.0 Å². The number of likely N-dealkylation sites (N-methyl/N-ethyl adjacent to an activating group) is 1. The van der Waals surface area contributed by atoms with Gasteiger partial charge >= 0.3 is 0 Å². The molecule has 4 rings (SSSR count). The highest BCUT2D eigenvalue weighted by Gasteiger charge is 2.25. The predicted molar refractivity (Wildman–Crippen MR) is 111 cm³/mol. The Hall–Kier alpha value is -2.34. The third kappa shape index (κ3) is 3.65. The molecule has 0 unspecified atom stereocenters. The van der Waals surface area contributed by atoms with Gasteiger partial charge in [0.1, 0.15) is 0 Å². The minimum absolute atomic E-state index is 0.0966. The molecular formula is C22H30N4O2. The number of carbonyl (C=O) groups excluding carboxylic acids is 2. The van der Waals surface area contributed by atoms with E-state index in [4.69, 9.17) is 0 Å². The van der Waals surface area contributed by atoms with Gasteiger partial charge in [-0.05, 0) is 48.9 Å². The largest absolute Gasteiger partial charge is 0.358 e. The van der Waals surface area contributed by atoms with Crippen LogP contribution in [-0.4, -0.2) is 78.3 Å². The van der Waals surface area contributed by atoms with Gasteiger partial charge < -0.3 is 14.8 Å². The highest BCUT2D eigenvalue weighted by molar-refractivity contribution is 5.99. The molecule has 1 atom stereocenters. The summed E-state index contributed by atoms with van der Waals surface area (Å²) in [6, 6.07) is 6.07. The lowest BCUT2D eigenvalue weighted by Gasteiger charge is -2.34. The van der Waals surface area contributed by atoms with Crippen molar-refractivity contribution in [3.63, 3.8) is 0 Å². The molecule has 0 radical (unpaired) electrons. The van der Waals surface area contributed by atoms with Crippen molar-refractivity contribution in [2.75, 3.05) is 46.8 Å². The molecule has 6 nitrogen and oxygen atoms in total. The predicted octanol–water partition coefficient (Wildman–Crippen LogP) is 2.14. The zero-order valence-electron chi connectivity index (χ0n) is 17.1. The van der Waals surface area contributed by atoms with Crippen molar-refractivity contribution in [2.45, 2.75) is 26.2 Å². The number of benzene rings is 1. The fourth-order valence-corrected chi connectivity index (χ4v) is 4.35. The lowest BCUT2D eigenvalue weighted by atomic mass is 9.87. The summed E-state index contributed by atoms with van der Waals surface area (Å²) in [6.07, 6.45) is 3.42. The molecule has 150 valence electrons. The first-order chi connectivity index (χ1) is 13.4. The number of amides is 2. The van der Waals surface area contributed by atoms with Crippen LogP contribution in [0.3, 0.4) is 0 Å². The van der Waals surface area contributed by atoms with Gasteiger partial charge in [-0.2, -0.15) is 0 Å². The Kier molecular flexibility index (Phi) is 5.15. The van der Waals surface area contributed by atoms with E-state index in [0.29, 0.717) is 25.6 Å². The number of aromatic nitrogens is 1. The molecule has 1 fully saturated rings. The molecule has 2 aliphatic rings. The Bertz CT molecular complexity index is 893. The topological polar surface area (TPSA) is 59.7 Å². The van der Waals surface area contributed by atoms with Crippen LogP contribution < -0.4 is 0 Å². The fraction of sp³-hybridized carbons (Fsp3) is 0.545. The third-order valence-corrected chi connectivity index (χ3v) is 6.20. The lowest BCUT2D eigenvalue weighted by Crippen LogP contribution is -2.51. The van der Waals surface area contributed by atoms with Crippen molar-refractivity contribution in [3.8, 4) is 0 Å². The summed E-state index contributed by atoms with van der Waals surface area (Å²) >= 11 is 0. The van der Waals surface area contributed by atoms with E-state index in [1.54, 1.807) is 19.0 Å². The molecule has 1 N–H and O–H groups in total. The highest BCUT2D eigenvalue weighted by atomic mass is 16.2. The summed E-state index contributed by atoms with van der Waals surface area (Å²) in [6.45, 7) is 5.54. The van der Waals surface area contributed by atoms with Gasteiger partial charge in [-0.1, -0.05) is 6.92 Å². The van der Waals surface area contributed by atoms with Crippen LogP contribution in [0.4, 0.5) is 0 Å². The van der Waals surface area contributed by atoms with Crippen LogP contribution >= 0.6 is 0 Å². The van der Waals surface area contributed by atoms with Gasteiger partial charge in [-0.15, -0.1) is 0 Å². The number of aromatic amines is 1. The molecule has 1 aliphatic heterocycles. The van der Waals surface area contributed by atoms with Gasteiger partial charge in [0.25, 0.3) is 5.91 Å². The molecule has 0 bridgehead atoms. The first-order valence-corrected chi connectivity index (χ1v) is 10.3. The number of fused-ring (bicyclic) bond motifs is 3. The van der Waals surface area contributed by atoms with Crippen LogP contribution in [0.5, 0.6) is 0 Å². The highest BCUT2D eigenvalue weighted by Crippen LogP contribution is 2.32. The molecular weight excluding hydrogens is 352 g/mol. The molecule has 6 heteroatoms. The second kappa shape index (κ2) is 7.59. The number of hydrogen-bond donors (Lipinski definition) is 1. The van der Waals surface area contributed by atoms with Crippen LogP contribution in [0, 0.1) is 5.92 Å². The quantitative estimate of drug-likeness (QED) is 0.885. The molecule has 1 aromatic heterocycles. The van der Waals surface area contributed by atoms with E-state index < -0.39 is 0 Å².